The molecule has 0 saturated carbocycles. The molecule has 0 N–H and O–H groups in total. The number of hydrogen-bond acceptors (Lipinski definition) is 3. The van der Waals surface area contributed by atoms with E-state index in [1.165, 1.54) is 5.56 Å². The Morgan fingerprint density at radius 2 is 1.21 bits per heavy atom. The Labute approximate surface area is 492 Å². The number of hydrogen-bond donors (Lipinski definition) is 0. The van der Waals surface area contributed by atoms with E-state index in [0.29, 0.717) is 22.7 Å². The van der Waals surface area contributed by atoms with Crippen LogP contribution in [0.25, 0.3) is 128 Å². The zero-order valence-electron chi connectivity index (χ0n) is 50.3. The first-order valence-corrected chi connectivity index (χ1v) is 27.0. The molecule has 15 rings (SSSR count). The van der Waals surface area contributed by atoms with Gasteiger partial charge in [-0.05, 0) is 137 Å². The Kier molecular flexibility index (Phi) is 10.5. The molecular formula is C74H54N4O2Pt-2. The van der Waals surface area contributed by atoms with Gasteiger partial charge in [-0.2, -0.15) is 18.2 Å². The molecule has 5 heterocycles. The average Bonchev–Trinajstić information content (AvgIpc) is 1.68. The maximum absolute atomic E-state index is 9.11. The van der Waals surface area contributed by atoms with Crippen molar-refractivity contribution in [3.05, 3.63) is 248 Å². The number of nitrogens with zero attached hydrogens (tertiary/aromatic N) is 4. The summed E-state index contributed by atoms with van der Waals surface area (Å²) in [6.07, 6.45) is 5.82. The van der Waals surface area contributed by atoms with Crippen molar-refractivity contribution in [3.8, 4) is 84.3 Å². The fourth-order valence-corrected chi connectivity index (χ4v) is 11.9. The van der Waals surface area contributed by atoms with Gasteiger partial charge < -0.3 is 18.3 Å². The monoisotopic (exact) mass is 1230 g/mol. The van der Waals surface area contributed by atoms with Crippen LogP contribution in [0.4, 0.5) is 0 Å². The molecule has 7 heteroatoms. The summed E-state index contributed by atoms with van der Waals surface area (Å²) in [5, 5.41) is 4.17. The van der Waals surface area contributed by atoms with Crippen LogP contribution in [0.1, 0.15) is 59.5 Å². The molecule has 0 atom stereocenters. The fourth-order valence-electron chi connectivity index (χ4n) is 11.9. The number of aromatic nitrogens is 4. The first-order valence-electron chi connectivity index (χ1n) is 29.5. The molecule has 0 radical (unpaired) electrons. The largest absolute Gasteiger partial charge is 0.510 e. The summed E-state index contributed by atoms with van der Waals surface area (Å²) in [5.74, 6) is 1.80. The third kappa shape index (κ3) is 8.34. The maximum Gasteiger partial charge on any atom is 0.268 e. The van der Waals surface area contributed by atoms with Crippen molar-refractivity contribution in [2.45, 2.75) is 52.4 Å². The van der Waals surface area contributed by atoms with Crippen LogP contribution in [0.2, 0.25) is 0 Å². The third-order valence-corrected chi connectivity index (χ3v) is 15.7. The van der Waals surface area contributed by atoms with Gasteiger partial charge >= 0.3 is 0 Å². The molecule has 0 amide bonds. The minimum atomic E-state index is -0.434. The van der Waals surface area contributed by atoms with Gasteiger partial charge in [-0.15, -0.1) is 29.7 Å². The second kappa shape index (κ2) is 19.0. The zero-order chi connectivity index (χ0) is 58.4. The van der Waals surface area contributed by atoms with E-state index in [1.807, 2.05) is 66.9 Å². The molecular weight excluding hydrogens is 1170 g/mol. The van der Waals surface area contributed by atoms with E-state index in [4.69, 9.17) is 21.0 Å². The molecule has 1 aliphatic rings. The van der Waals surface area contributed by atoms with Crippen LogP contribution in [-0.4, -0.2) is 14.1 Å². The Morgan fingerprint density at radius 3 is 2.04 bits per heavy atom. The molecule has 4 aromatic heterocycles. The van der Waals surface area contributed by atoms with Gasteiger partial charge in [-0.3, -0.25) is 4.57 Å². The molecule has 0 bridgehead atoms. The normalized spacial score (nSPS) is 13.1. The molecule has 0 spiro atoms. The van der Waals surface area contributed by atoms with Gasteiger partial charge in [0.2, 0.25) is 0 Å². The zero-order valence-corrected chi connectivity index (χ0v) is 47.6. The molecule has 0 fully saturated rings. The smallest absolute Gasteiger partial charge is 0.268 e. The van der Waals surface area contributed by atoms with Crippen LogP contribution in [-0.2, 0) is 31.9 Å². The SMILES string of the molecule is [2H]c1c([2H])c([2H])c(-c2ccc3c(c2)-c2cccc(C(C)(C)C)c2-[n+]2[c-]n(-c4[c-]c(Oc5[c-]c6c(cc5)c5ccccc5n6-c5cc(C(C)(C)C)ccn5)ccc4)c4cc(-c5ccc6oc7ccccc7c6c5)cc(c42)-c2ccccc2-3)c([2H])c1[2H].[Pt]. The van der Waals surface area contributed by atoms with Crippen molar-refractivity contribution in [2.24, 2.45) is 0 Å². The molecule has 81 heavy (non-hydrogen) atoms. The molecule has 0 unspecified atom stereocenters. The van der Waals surface area contributed by atoms with E-state index < -0.39 is 11.5 Å². The number of fused-ring (bicyclic) bond motifs is 13. The number of para-hydroxylation sites is 3. The van der Waals surface area contributed by atoms with Gasteiger partial charge in [-0.1, -0.05) is 180 Å². The average molecular weight is 1230 g/mol. The minimum Gasteiger partial charge on any atom is -0.510 e. The van der Waals surface area contributed by atoms with Gasteiger partial charge in [0.05, 0.1) is 23.6 Å². The Balaban J connectivity index is 0.00000653. The van der Waals surface area contributed by atoms with Crippen molar-refractivity contribution in [1.82, 2.24) is 14.1 Å². The van der Waals surface area contributed by atoms with Crippen molar-refractivity contribution in [1.29, 1.82) is 0 Å². The number of ether oxygens (including phenoxy) is 1. The quantitative estimate of drug-likeness (QED) is 0.123. The number of benzene rings is 10. The van der Waals surface area contributed by atoms with Gasteiger partial charge in [0.1, 0.15) is 17.0 Å². The van der Waals surface area contributed by atoms with E-state index in [-0.39, 0.29) is 56.2 Å². The number of furan rings is 1. The summed E-state index contributed by atoms with van der Waals surface area (Å²) in [4.78, 5) is 4.90. The second-order valence-electron chi connectivity index (χ2n) is 22.8. The Morgan fingerprint density at radius 1 is 0.519 bits per heavy atom. The first kappa shape index (κ1) is 44.7. The van der Waals surface area contributed by atoms with Crippen LogP contribution in [0.15, 0.2) is 223 Å². The van der Waals surface area contributed by atoms with Crippen molar-refractivity contribution >= 4 is 54.8 Å². The van der Waals surface area contributed by atoms with Crippen LogP contribution < -0.4 is 9.30 Å². The minimum absolute atomic E-state index is 0. The van der Waals surface area contributed by atoms with Crippen LogP contribution in [0.5, 0.6) is 11.5 Å². The molecule has 394 valence electrons. The van der Waals surface area contributed by atoms with E-state index in [2.05, 4.69) is 195 Å². The van der Waals surface area contributed by atoms with Gasteiger partial charge in [0, 0.05) is 55.1 Å². The van der Waals surface area contributed by atoms with E-state index in [1.54, 1.807) is 0 Å². The number of pyridine rings is 1. The number of rotatable bonds is 6. The Bertz CT molecular complexity index is 5130. The van der Waals surface area contributed by atoms with Gasteiger partial charge in [0.25, 0.3) is 6.33 Å². The maximum atomic E-state index is 9.11. The summed E-state index contributed by atoms with van der Waals surface area (Å²) in [6, 6.07) is 68.0. The van der Waals surface area contributed by atoms with Gasteiger partial charge in [0.15, 0.2) is 0 Å². The summed E-state index contributed by atoms with van der Waals surface area (Å²) in [6.45, 7) is 13.3. The van der Waals surface area contributed by atoms with Crippen molar-refractivity contribution in [3.63, 3.8) is 0 Å². The van der Waals surface area contributed by atoms with Crippen LogP contribution >= 0.6 is 0 Å². The topological polar surface area (TPSA) is 49.0 Å². The second-order valence-corrected chi connectivity index (χ2v) is 22.8. The first-order chi connectivity index (χ1) is 41.0. The molecule has 1 aliphatic heterocycles. The van der Waals surface area contributed by atoms with Crippen molar-refractivity contribution < 1.29 is 41.6 Å². The van der Waals surface area contributed by atoms with Crippen LogP contribution in [0.3, 0.4) is 0 Å². The predicted molar refractivity (Wildman–Crippen MR) is 325 cm³/mol. The third-order valence-electron chi connectivity index (χ3n) is 15.7. The molecule has 6 nitrogen and oxygen atoms in total. The molecule has 14 aromatic rings. The predicted octanol–water partition coefficient (Wildman–Crippen LogP) is 18.7. The molecule has 10 aromatic carbocycles. The molecule has 0 saturated heterocycles. The van der Waals surface area contributed by atoms with Crippen molar-refractivity contribution in [2.75, 3.05) is 0 Å². The van der Waals surface area contributed by atoms with Crippen LogP contribution in [0, 0.1) is 18.5 Å². The number of imidazole rings is 1. The standard InChI is InChI=1S/C74H54N4O2.Pt/c1-73(2,3)50-36-37-75-70(42-50)78-65-28-14-12-24-57(65)58-34-32-53(44-66(58)78)79-52-21-16-20-51(43-52)76-45-77-71-60(26-17-27-64(71)74(4,5)6)61-38-47(46-18-8-7-9-19-46)30-33-56(61)54-22-10-11-23-55(54)63-40-49(41-67(76)72(63)77)48-31-35-69-62(39-48)59-25-13-15-29-68(59)80-69;/h7-42H,1-6H3;/q-2;/i7D,8D,9D,18D,19D;. The fraction of sp³-hybridized carbons (Fsp3) is 0.108. The van der Waals surface area contributed by atoms with E-state index >= 15 is 0 Å². The molecule has 0 aliphatic carbocycles. The summed E-state index contributed by atoms with van der Waals surface area (Å²) in [7, 11) is 0. The summed E-state index contributed by atoms with van der Waals surface area (Å²) in [5.41, 5.74) is 16.7. The summed E-state index contributed by atoms with van der Waals surface area (Å²) < 4.78 is 63.7. The Hall–Kier alpha value is -9.09. The van der Waals surface area contributed by atoms with Gasteiger partial charge in [-0.25, -0.2) is 4.98 Å². The van der Waals surface area contributed by atoms with E-state index in [9.17, 15) is 0 Å². The van der Waals surface area contributed by atoms with E-state index in [0.717, 1.165) is 116 Å². The summed E-state index contributed by atoms with van der Waals surface area (Å²) >= 11 is 0.